The van der Waals surface area contributed by atoms with Gasteiger partial charge in [0.05, 0.1) is 11.4 Å². The lowest BCUT2D eigenvalue weighted by molar-refractivity contribution is 0.455. The van der Waals surface area contributed by atoms with Crippen LogP contribution in [-0.4, -0.2) is 19.7 Å². The number of benzene rings is 1. The number of anilines is 1. The summed E-state index contributed by atoms with van der Waals surface area (Å²) < 4.78 is 16.3. The highest BCUT2D eigenvalue weighted by Crippen LogP contribution is 2.36. The first kappa shape index (κ1) is 13.9. The van der Waals surface area contributed by atoms with Crippen LogP contribution in [0.1, 0.15) is 30.0 Å². The molecule has 4 rings (SSSR count). The first-order valence-corrected chi connectivity index (χ1v) is 8.15. The van der Waals surface area contributed by atoms with Crippen LogP contribution in [0.25, 0.3) is 11.0 Å². The summed E-state index contributed by atoms with van der Waals surface area (Å²) in [5, 5.41) is 5.37. The van der Waals surface area contributed by atoms with Crippen LogP contribution in [0.5, 0.6) is 0 Å². The molecule has 0 saturated carbocycles. The zero-order valence-corrected chi connectivity index (χ0v) is 13.8. The van der Waals surface area contributed by atoms with Crippen molar-refractivity contribution < 1.29 is 4.39 Å². The molecule has 0 saturated heterocycles. The maximum absolute atomic E-state index is 13.7. The van der Waals surface area contributed by atoms with E-state index in [1.54, 1.807) is 6.07 Å². The van der Waals surface area contributed by atoms with Crippen LogP contribution in [0.4, 0.5) is 10.2 Å². The Balaban J connectivity index is 1.95. The number of halogens is 2. The highest BCUT2D eigenvalue weighted by Gasteiger charge is 2.26. The molecule has 2 N–H and O–H groups in total. The van der Waals surface area contributed by atoms with E-state index in [1.165, 1.54) is 18.0 Å². The molecule has 112 valence electrons. The normalized spacial score (nSPS) is 17.6. The van der Waals surface area contributed by atoms with E-state index in [-0.39, 0.29) is 11.9 Å². The molecule has 7 heteroatoms. The monoisotopic (exact) mass is 409 g/mol. The summed E-state index contributed by atoms with van der Waals surface area (Å²) in [7, 11) is 0. The van der Waals surface area contributed by atoms with E-state index in [0.29, 0.717) is 11.5 Å². The van der Waals surface area contributed by atoms with Gasteiger partial charge in [-0.1, -0.05) is 6.07 Å². The van der Waals surface area contributed by atoms with Crippen molar-refractivity contribution in [3.05, 3.63) is 45.2 Å². The SMILES string of the molecule is Nc1ncnc2c1c(I)nn2C1CCCc2ccc(F)cc21. The van der Waals surface area contributed by atoms with Crippen LogP contribution in [0.15, 0.2) is 24.5 Å². The second kappa shape index (κ2) is 5.15. The van der Waals surface area contributed by atoms with Gasteiger partial charge < -0.3 is 5.73 Å². The lowest BCUT2D eigenvalue weighted by Crippen LogP contribution is -2.19. The Hall–Kier alpha value is -1.77. The number of nitrogen functional groups attached to an aromatic ring is 1. The Kier molecular flexibility index (Phi) is 3.24. The average molecular weight is 409 g/mol. The predicted molar refractivity (Wildman–Crippen MR) is 89.9 cm³/mol. The fourth-order valence-electron chi connectivity index (χ4n) is 3.17. The van der Waals surface area contributed by atoms with Gasteiger partial charge >= 0.3 is 0 Å². The van der Waals surface area contributed by atoms with Gasteiger partial charge in [-0.05, 0) is 65.1 Å². The predicted octanol–water partition coefficient (Wildman–Crippen LogP) is 3.08. The fourth-order valence-corrected chi connectivity index (χ4v) is 3.92. The van der Waals surface area contributed by atoms with E-state index in [0.717, 1.165) is 33.9 Å². The molecule has 1 aliphatic carbocycles. The van der Waals surface area contributed by atoms with E-state index in [4.69, 9.17) is 5.73 Å². The van der Waals surface area contributed by atoms with Gasteiger partial charge in [-0.2, -0.15) is 5.10 Å². The highest BCUT2D eigenvalue weighted by molar-refractivity contribution is 14.1. The topological polar surface area (TPSA) is 69.6 Å². The van der Waals surface area contributed by atoms with Crippen molar-refractivity contribution in [3.8, 4) is 0 Å². The second-order valence-electron chi connectivity index (χ2n) is 5.44. The lowest BCUT2D eigenvalue weighted by Gasteiger charge is -2.26. The number of hydrogen-bond acceptors (Lipinski definition) is 4. The molecule has 0 radical (unpaired) electrons. The van der Waals surface area contributed by atoms with Gasteiger partial charge in [-0.25, -0.2) is 19.0 Å². The first-order valence-electron chi connectivity index (χ1n) is 7.07. The maximum atomic E-state index is 13.7. The summed E-state index contributed by atoms with van der Waals surface area (Å²) >= 11 is 2.14. The third-order valence-corrected chi connectivity index (χ3v) is 4.92. The fraction of sp³-hybridized carbons (Fsp3) is 0.267. The summed E-state index contributed by atoms with van der Waals surface area (Å²) in [4.78, 5) is 8.38. The number of aromatic nitrogens is 4. The number of hydrogen-bond donors (Lipinski definition) is 1. The minimum absolute atomic E-state index is 0.0141. The third kappa shape index (κ3) is 2.06. The van der Waals surface area contributed by atoms with Crippen LogP contribution in [0.3, 0.4) is 0 Å². The van der Waals surface area contributed by atoms with Crippen LogP contribution in [-0.2, 0) is 6.42 Å². The van der Waals surface area contributed by atoms with Gasteiger partial charge in [0.15, 0.2) is 5.65 Å². The molecule has 3 aromatic rings. The molecule has 2 aromatic heterocycles. The zero-order valence-electron chi connectivity index (χ0n) is 11.6. The van der Waals surface area contributed by atoms with Crippen molar-refractivity contribution in [2.24, 2.45) is 0 Å². The molecule has 0 fully saturated rings. The Labute approximate surface area is 139 Å². The summed E-state index contributed by atoms with van der Waals surface area (Å²) in [5.74, 6) is 0.210. The smallest absolute Gasteiger partial charge is 0.165 e. The standard InChI is InChI=1S/C15H13FIN5/c16-9-5-4-8-2-1-3-11(10(8)6-9)22-15-12(13(17)21-22)14(18)19-7-20-15/h4-7,11H,1-3H2,(H2,18,19,20). The van der Waals surface area contributed by atoms with E-state index in [9.17, 15) is 4.39 Å². The molecule has 5 nitrogen and oxygen atoms in total. The van der Waals surface area contributed by atoms with Crippen molar-refractivity contribution in [2.75, 3.05) is 5.73 Å². The minimum Gasteiger partial charge on any atom is -0.383 e. The molecule has 0 spiro atoms. The lowest BCUT2D eigenvalue weighted by atomic mass is 9.87. The molecule has 1 atom stereocenters. The van der Waals surface area contributed by atoms with Gasteiger partial charge in [-0.3, -0.25) is 0 Å². The van der Waals surface area contributed by atoms with Crippen LogP contribution < -0.4 is 5.73 Å². The van der Waals surface area contributed by atoms with Crippen molar-refractivity contribution in [3.63, 3.8) is 0 Å². The summed E-state index contributed by atoms with van der Waals surface area (Å²) in [6.07, 6.45) is 4.37. The molecular formula is C15H13FIN5. The summed E-state index contributed by atoms with van der Waals surface area (Å²) in [6.45, 7) is 0. The molecular weight excluding hydrogens is 396 g/mol. The van der Waals surface area contributed by atoms with Crippen molar-refractivity contribution in [1.82, 2.24) is 19.7 Å². The Morgan fingerprint density at radius 2 is 2.18 bits per heavy atom. The maximum Gasteiger partial charge on any atom is 0.165 e. The molecule has 0 amide bonds. The van der Waals surface area contributed by atoms with Crippen LogP contribution in [0.2, 0.25) is 0 Å². The molecule has 0 aliphatic heterocycles. The number of fused-ring (bicyclic) bond motifs is 2. The van der Waals surface area contributed by atoms with Gasteiger partial charge in [0.2, 0.25) is 0 Å². The van der Waals surface area contributed by atoms with E-state index < -0.39 is 0 Å². The van der Waals surface area contributed by atoms with Gasteiger partial charge in [0, 0.05) is 0 Å². The van der Waals surface area contributed by atoms with Crippen LogP contribution >= 0.6 is 22.6 Å². The van der Waals surface area contributed by atoms with Crippen molar-refractivity contribution in [1.29, 1.82) is 0 Å². The average Bonchev–Trinajstić information content (AvgIpc) is 2.85. The second-order valence-corrected chi connectivity index (χ2v) is 6.47. The number of nitrogens with zero attached hydrogens (tertiary/aromatic N) is 4. The van der Waals surface area contributed by atoms with Crippen molar-refractivity contribution >= 4 is 39.4 Å². The summed E-state index contributed by atoms with van der Waals surface area (Å²) in [5.41, 5.74) is 8.83. The first-order chi connectivity index (χ1) is 10.6. The summed E-state index contributed by atoms with van der Waals surface area (Å²) in [6, 6.07) is 4.99. The van der Waals surface area contributed by atoms with Gasteiger partial charge in [0.25, 0.3) is 0 Å². The number of nitrogens with two attached hydrogens (primary N) is 1. The number of rotatable bonds is 1. The molecule has 22 heavy (non-hydrogen) atoms. The Morgan fingerprint density at radius 3 is 3.05 bits per heavy atom. The molecule has 0 bridgehead atoms. The molecule has 1 unspecified atom stereocenters. The van der Waals surface area contributed by atoms with Gasteiger partial charge in [0.1, 0.15) is 21.7 Å². The van der Waals surface area contributed by atoms with Crippen molar-refractivity contribution in [2.45, 2.75) is 25.3 Å². The Morgan fingerprint density at radius 1 is 1.32 bits per heavy atom. The third-order valence-electron chi connectivity index (χ3n) is 4.16. The van der Waals surface area contributed by atoms with E-state index in [1.807, 2.05) is 10.7 Å². The minimum atomic E-state index is -0.217. The molecule has 1 aromatic carbocycles. The Bertz CT molecular complexity index is 876. The largest absolute Gasteiger partial charge is 0.383 e. The van der Waals surface area contributed by atoms with Crippen LogP contribution in [0, 0.1) is 9.52 Å². The highest BCUT2D eigenvalue weighted by atomic mass is 127. The zero-order chi connectivity index (χ0) is 15.3. The van der Waals surface area contributed by atoms with E-state index >= 15 is 0 Å². The molecule has 1 aliphatic rings. The number of aryl methyl sites for hydroxylation is 1. The van der Waals surface area contributed by atoms with Gasteiger partial charge in [-0.15, -0.1) is 0 Å². The van der Waals surface area contributed by atoms with E-state index in [2.05, 4.69) is 37.7 Å². The molecule has 2 heterocycles. The quantitative estimate of drug-likeness (QED) is 0.628.